The second-order valence-corrected chi connectivity index (χ2v) is 8.92. The standard InChI is InChI=1S/C28H36N2O4/c1-6-29(7-2)17-8-18-30-25(21-11-9-20(10-12-21)19(3)4)24(27(32)28(30)33)26(31)22-13-15-23(34-5)16-14-22/h9-16,19,25,31H,6-8,17-18H2,1-5H3/b26-24+/t25-/m0/s1. The summed E-state index contributed by atoms with van der Waals surface area (Å²) in [7, 11) is 1.57. The molecule has 1 N–H and O–H groups in total. The highest BCUT2D eigenvalue weighted by Gasteiger charge is 2.45. The summed E-state index contributed by atoms with van der Waals surface area (Å²) >= 11 is 0. The molecule has 0 aliphatic carbocycles. The maximum atomic E-state index is 13.2. The first-order valence-electron chi connectivity index (χ1n) is 12.1. The predicted molar refractivity (Wildman–Crippen MR) is 135 cm³/mol. The van der Waals surface area contributed by atoms with Gasteiger partial charge in [-0.05, 0) is 67.4 Å². The smallest absolute Gasteiger partial charge is 0.295 e. The molecule has 2 aromatic rings. The van der Waals surface area contributed by atoms with E-state index >= 15 is 0 Å². The first kappa shape index (κ1) is 25.5. The molecule has 3 rings (SSSR count). The highest BCUT2D eigenvalue weighted by Crippen LogP contribution is 2.40. The largest absolute Gasteiger partial charge is 0.507 e. The third-order valence-corrected chi connectivity index (χ3v) is 6.59. The van der Waals surface area contributed by atoms with E-state index in [4.69, 9.17) is 4.74 Å². The number of ketones is 1. The topological polar surface area (TPSA) is 70.1 Å². The van der Waals surface area contributed by atoms with Crippen LogP contribution in [-0.4, -0.2) is 59.9 Å². The summed E-state index contributed by atoms with van der Waals surface area (Å²) in [4.78, 5) is 30.2. The fourth-order valence-electron chi connectivity index (χ4n) is 4.43. The Morgan fingerprint density at radius 1 is 1.03 bits per heavy atom. The molecule has 34 heavy (non-hydrogen) atoms. The molecule has 1 fully saturated rings. The summed E-state index contributed by atoms with van der Waals surface area (Å²) in [6, 6.07) is 14.2. The molecule has 0 spiro atoms. The van der Waals surface area contributed by atoms with Crippen molar-refractivity contribution in [3.63, 3.8) is 0 Å². The number of aliphatic hydroxyl groups is 1. The number of benzene rings is 2. The second kappa shape index (κ2) is 11.3. The van der Waals surface area contributed by atoms with E-state index < -0.39 is 17.7 Å². The minimum absolute atomic E-state index is 0.135. The zero-order chi connectivity index (χ0) is 24.8. The van der Waals surface area contributed by atoms with Crippen molar-refractivity contribution in [2.75, 3.05) is 33.3 Å². The third-order valence-electron chi connectivity index (χ3n) is 6.59. The van der Waals surface area contributed by atoms with Crippen molar-refractivity contribution in [2.45, 2.75) is 46.1 Å². The second-order valence-electron chi connectivity index (χ2n) is 8.92. The van der Waals surface area contributed by atoms with Gasteiger partial charge in [0.1, 0.15) is 11.5 Å². The van der Waals surface area contributed by atoms with Gasteiger partial charge < -0.3 is 19.6 Å². The van der Waals surface area contributed by atoms with Crippen molar-refractivity contribution in [1.29, 1.82) is 0 Å². The molecule has 0 bridgehead atoms. The van der Waals surface area contributed by atoms with Crippen LogP contribution in [0.2, 0.25) is 0 Å². The van der Waals surface area contributed by atoms with E-state index in [-0.39, 0.29) is 11.3 Å². The average molecular weight is 465 g/mol. The SMILES string of the molecule is CCN(CC)CCCN1C(=O)C(=O)/C(=C(/O)c2ccc(OC)cc2)[C@@H]1c1ccc(C(C)C)cc1. The zero-order valence-corrected chi connectivity index (χ0v) is 20.9. The van der Waals surface area contributed by atoms with Gasteiger partial charge in [0.25, 0.3) is 11.7 Å². The van der Waals surface area contributed by atoms with Crippen molar-refractivity contribution in [3.8, 4) is 5.75 Å². The fraction of sp³-hybridized carbons (Fsp3) is 0.429. The van der Waals surface area contributed by atoms with Crippen LogP contribution in [0.3, 0.4) is 0 Å². The third kappa shape index (κ3) is 5.33. The van der Waals surface area contributed by atoms with Crippen LogP contribution in [0.25, 0.3) is 5.76 Å². The Morgan fingerprint density at radius 3 is 2.18 bits per heavy atom. The quantitative estimate of drug-likeness (QED) is 0.305. The molecule has 0 aromatic heterocycles. The van der Waals surface area contributed by atoms with E-state index in [0.717, 1.165) is 31.6 Å². The van der Waals surface area contributed by atoms with Gasteiger partial charge in [0.05, 0.1) is 18.7 Å². The van der Waals surface area contributed by atoms with Crippen LogP contribution in [0.5, 0.6) is 5.75 Å². The van der Waals surface area contributed by atoms with Crippen LogP contribution >= 0.6 is 0 Å². The fourth-order valence-corrected chi connectivity index (χ4v) is 4.43. The number of aliphatic hydroxyl groups excluding tert-OH is 1. The number of hydrogen-bond donors (Lipinski definition) is 1. The van der Waals surface area contributed by atoms with Gasteiger partial charge in [0.15, 0.2) is 0 Å². The number of Topliss-reactive ketones (excluding diaryl/α,β-unsaturated/α-hetero) is 1. The minimum Gasteiger partial charge on any atom is -0.507 e. The van der Waals surface area contributed by atoms with Gasteiger partial charge in [-0.25, -0.2) is 0 Å². The molecule has 0 radical (unpaired) electrons. The van der Waals surface area contributed by atoms with Gasteiger partial charge in [0.2, 0.25) is 0 Å². The molecule has 0 saturated carbocycles. The number of ether oxygens (including phenoxy) is 1. The van der Waals surface area contributed by atoms with Crippen LogP contribution in [0.15, 0.2) is 54.1 Å². The lowest BCUT2D eigenvalue weighted by Gasteiger charge is -2.27. The lowest BCUT2D eigenvalue weighted by Crippen LogP contribution is -2.33. The Hall–Kier alpha value is -3.12. The molecule has 182 valence electrons. The molecule has 1 heterocycles. The number of carbonyl (C=O) groups excluding carboxylic acids is 2. The van der Waals surface area contributed by atoms with Crippen LogP contribution in [0.4, 0.5) is 0 Å². The first-order valence-corrected chi connectivity index (χ1v) is 12.1. The van der Waals surface area contributed by atoms with E-state index in [1.807, 2.05) is 24.3 Å². The predicted octanol–water partition coefficient (Wildman–Crippen LogP) is 4.97. The molecule has 1 aliphatic rings. The summed E-state index contributed by atoms with van der Waals surface area (Å²) in [6.07, 6.45) is 0.748. The molecule has 1 amide bonds. The Bertz CT molecular complexity index is 1020. The number of hydrogen-bond acceptors (Lipinski definition) is 5. The molecule has 1 saturated heterocycles. The Morgan fingerprint density at radius 2 is 1.65 bits per heavy atom. The van der Waals surface area contributed by atoms with Gasteiger partial charge in [-0.15, -0.1) is 0 Å². The van der Waals surface area contributed by atoms with Gasteiger partial charge in [-0.1, -0.05) is 52.0 Å². The van der Waals surface area contributed by atoms with E-state index in [9.17, 15) is 14.7 Å². The van der Waals surface area contributed by atoms with Crippen LogP contribution in [-0.2, 0) is 9.59 Å². The molecule has 2 aromatic carbocycles. The molecular weight excluding hydrogens is 428 g/mol. The zero-order valence-electron chi connectivity index (χ0n) is 20.9. The van der Waals surface area contributed by atoms with Gasteiger partial charge in [0, 0.05) is 12.1 Å². The number of likely N-dealkylation sites (tertiary alicyclic amines) is 1. The maximum Gasteiger partial charge on any atom is 0.295 e. The van der Waals surface area contributed by atoms with Crippen molar-refractivity contribution in [3.05, 3.63) is 70.8 Å². The van der Waals surface area contributed by atoms with E-state index in [2.05, 4.69) is 32.6 Å². The summed E-state index contributed by atoms with van der Waals surface area (Å²) in [5, 5.41) is 11.2. The number of carbonyl (C=O) groups is 2. The van der Waals surface area contributed by atoms with E-state index in [0.29, 0.717) is 23.8 Å². The van der Waals surface area contributed by atoms with Crippen molar-refractivity contribution < 1.29 is 19.4 Å². The molecule has 1 atom stereocenters. The van der Waals surface area contributed by atoms with Crippen LogP contribution in [0.1, 0.15) is 62.8 Å². The van der Waals surface area contributed by atoms with Gasteiger partial charge >= 0.3 is 0 Å². The monoisotopic (exact) mass is 464 g/mol. The summed E-state index contributed by atoms with van der Waals surface area (Å²) in [5.74, 6) is -0.352. The summed E-state index contributed by atoms with van der Waals surface area (Å²) < 4.78 is 5.20. The molecule has 6 nitrogen and oxygen atoms in total. The summed E-state index contributed by atoms with van der Waals surface area (Å²) in [5.41, 5.74) is 2.61. The number of methoxy groups -OCH3 is 1. The Balaban J connectivity index is 2.03. The average Bonchev–Trinajstić information content (AvgIpc) is 3.11. The van der Waals surface area contributed by atoms with Crippen LogP contribution in [0, 0.1) is 0 Å². The van der Waals surface area contributed by atoms with Gasteiger partial charge in [-0.3, -0.25) is 9.59 Å². The molecular formula is C28H36N2O4. The van der Waals surface area contributed by atoms with E-state index in [1.54, 1.807) is 36.3 Å². The van der Waals surface area contributed by atoms with Crippen LogP contribution < -0.4 is 4.74 Å². The highest BCUT2D eigenvalue weighted by atomic mass is 16.5. The normalized spacial score (nSPS) is 17.7. The lowest BCUT2D eigenvalue weighted by molar-refractivity contribution is -0.140. The first-order chi connectivity index (χ1) is 16.3. The Labute approximate surface area is 202 Å². The molecule has 6 heteroatoms. The van der Waals surface area contributed by atoms with Crippen molar-refractivity contribution >= 4 is 17.4 Å². The van der Waals surface area contributed by atoms with Crippen molar-refractivity contribution in [2.24, 2.45) is 0 Å². The minimum atomic E-state index is -0.644. The maximum absolute atomic E-state index is 13.2. The van der Waals surface area contributed by atoms with Gasteiger partial charge in [-0.2, -0.15) is 0 Å². The summed E-state index contributed by atoms with van der Waals surface area (Å²) in [6.45, 7) is 11.6. The van der Waals surface area contributed by atoms with E-state index in [1.165, 1.54) is 5.56 Å². The lowest BCUT2D eigenvalue weighted by atomic mass is 9.93. The van der Waals surface area contributed by atoms with Crippen molar-refractivity contribution in [1.82, 2.24) is 9.80 Å². The number of rotatable bonds is 10. The number of nitrogens with zero attached hydrogens (tertiary/aromatic N) is 2. The molecule has 0 unspecified atom stereocenters. The molecule has 1 aliphatic heterocycles. The highest BCUT2D eigenvalue weighted by molar-refractivity contribution is 6.46. The Kier molecular flexibility index (Phi) is 8.51. The number of amides is 1.